The van der Waals surface area contributed by atoms with Crippen molar-refractivity contribution in [1.82, 2.24) is 0 Å². The zero-order valence-electron chi connectivity index (χ0n) is 8.97. The van der Waals surface area contributed by atoms with Crippen LogP contribution in [0.4, 0.5) is 0 Å². The van der Waals surface area contributed by atoms with Gasteiger partial charge in [0.1, 0.15) is 0 Å². The van der Waals surface area contributed by atoms with Crippen LogP contribution in [0.15, 0.2) is 12.3 Å². The predicted octanol–water partition coefficient (Wildman–Crippen LogP) is 3.36. The lowest BCUT2D eigenvalue weighted by molar-refractivity contribution is 0.195. The minimum Gasteiger partial charge on any atom is -0.501 e. The van der Waals surface area contributed by atoms with Crippen molar-refractivity contribution in [2.75, 3.05) is 6.61 Å². The smallest absolute Gasteiger partial charge is 0.0915 e. The summed E-state index contributed by atoms with van der Waals surface area (Å²) in [6.45, 7) is 7.97. The normalized spacial score (nSPS) is 39.5. The molecule has 0 aromatic heterocycles. The fraction of sp³-hybridized carbons (Fsp3) is 0.833. The van der Waals surface area contributed by atoms with Gasteiger partial charge in [-0.25, -0.2) is 0 Å². The Morgan fingerprint density at radius 1 is 1.46 bits per heavy atom. The molecule has 1 heteroatoms. The number of allylic oxidation sites excluding steroid dienone is 1. The lowest BCUT2D eigenvalue weighted by Crippen LogP contribution is -2.09. The third-order valence-corrected chi connectivity index (χ3v) is 4.28. The Morgan fingerprint density at radius 3 is 2.85 bits per heavy atom. The van der Waals surface area contributed by atoms with Crippen LogP contribution < -0.4 is 0 Å². The van der Waals surface area contributed by atoms with Gasteiger partial charge in [-0.05, 0) is 17.9 Å². The van der Waals surface area contributed by atoms with Crippen LogP contribution in [0.5, 0.6) is 0 Å². The topological polar surface area (TPSA) is 9.23 Å². The molecule has 2 rings (SSSR count). The van der Waals surface area contributed by atoms with E-state index in [2.05, 4.69) is 26.8 Å². The molecule has 1 heterocycles. The Kier molecular flexibility index (Phi) is 1.94. The summed E-state index contributed by atoms with van der Waals surface area (Å²) in [6, 6.07) is 0. The van der Waals surface area contributed by atoms with Gasteiger partial charge in [-0.3, -0.25) is 0 Å². The molecule has 0 aromatic carbocycles. The molecule has 0 spiro atoms. The first-order chi connectivity index (χ1) is 6.15. The van der Waals surface area contributed by atoms with Gasteiger partial charge in [-0.1, -0.05) is 33.6 Å². The van der Waals surface area contributed by atoms with Crippen LogP contribution in [0, 0.1) is 16.7 Å². The Labute approximate surface area is 81.2 Å². The molecule has 13 heavy (non-hydrogen) atoms. The molecule has 1 saturated carbocycles. The zero-order chi connectivity index (χ0) is 9.53. The molecule has 1 nitrogen and oxygen atoms in total. The molecular formula is C12H20O. The summed E-state index contributed by atoms with van der Waals surface area (Å²) in [5.74, 6) is 0.775. The highest BCUT2D eigenvalue weighted by atomic mass is 16.5. The van der Waals surface area contributed by atoms with Gasteiger partial charge >= 0.3 is 0 Å². The van der Waals surface area contributed by atoms with E-state index < -0.39 is 0 Å². The number of hydrogen-bond donors (Lipinski definition) is 0. The summed E-state index contributed by atoms with van der Waals surface area (Å²) < 4.78 is 5.38. The number of hydrogen-bond acceptors (Lipinski definition) is 1. The fourth-order valence-electron chi connectivity index (χ4n) is 3.06. The van der Waals surface area contributed by atoms with E-state index in [4.69, 9.17) is 4.74 Å². The van der Waals surface area contributed by atoms with Crippen LogP contribution in [0.25, 0.3) is 0 Å². The second-order valence-corrected chi connectivity index (χ2v) is 5.05. The van der Waals surface area contributed by atoms with Gasteiger partial charge in [-0.2, -0.15) is 0 Å². The third-order valence-electron chi connectivity index (χ3n) is 4.28. The van der Waals surface area contributed by atoms with E-state index in [0.29, 0.717) is 10.8 Å². The van der Waals surface area contributed by atoms with Crippen LogP contribution in [-0.2, 0) is 4.74 Å². The van der Waals surface area contributed by atoms with Gasteiger partial charge in [0, 0.05) is 11.3 Å². The second kappa shape index (κ2) is 2.76. The molecule has 0 aromatic rings. The minimum atomic E-state index is 0.481. The molecule has 1 aliphatic heterocycles. The Morgan fingerprint density at radius 2 is 2.23 bits per heavy atom. The predicted molar refractivity (Wildman–Crippen MR) is 54.3 cm³/mol. The first-order valence-corrected chi connectivity index (χ1v) is 5.44. The van der Waals surface area contributed by atoms with Crippen LogP contribution >= 0.6 is 0 Å². The average molecular weight is 180 g/mol. The molecule has 0 N–H and O–H groups in total. The fourth-order valence-corrected chi connectivity index (χ4v) is 3.06. The maximum absolute atomic E-state index is 5.38. The van der Waals surface area contributed by atoms with Crippen LogP contribution in [0.2, 0.25) is 0 Å². The molecule has 0 amide bonds. The van der Waals surface area contributed by atoms with E-state index in [0.717, 1.165) is 12.5 Å². The lowest BCUT2D eigenvalue weighted by Gasteiger charge is -2.17. The van der Waals surface area contributed by atoms with Crippen molar-refractivity contribution >= 4 is 0 Å². The van der Waals surface area contributed by atoms with E-state index >= 15 is 0 Å². The molecule has 2 atom stereocenters. The first kappa shape index (κ1) is 9.11. The van der Waals surface area contributed by atoms with Gasteiger partial charge in [-0.15, -0.1) is 0 Å². The van der Waals surface area contributed by atoms with Crippen molar-refractivity contribution in [2.24, 2.45) is 16.7 Å². The summed E-state index contributed by atoms with van der Waals surface area (Å²) >= 11 is 0. The second-order valence-electron chi connectivity index (χ2n) is 5.05. The highest BCUT2D eigenvalue weighted by molar-refractivity contribution is 5.26. The number of ether oxygens (including phenoxy) is 1. The van der Waals surface area contributed by atoms with Gasteiger partial charge in [0.2, 0.25) is 0 Å². The standard InChI is InChI=1S/C12H20O/c1-4-5-6-12-7-8-13-9-10(12)11(12,2)3/h7-8,10H,4-6,9H2,1-3H3/t10-,12-/m1/s1. The minimum absolute atomic E-state index is 0.481. The first-order valence-electron chi connectivity index (χ1n) is 5.44. The Bertz CT molecular complexity index is 229. The van der Waals surface area contributed by atoms with Crippen molar-refractivity contribution in [2.45, 2.75) is 40.0 Å². The molecule has 1 aliphatic carbocycles. The van der Waals surface area contributed by atoms with E-state index in [1.165, 1.54) is 19.3 Å². The van der Waals surface area contributed by atoms with Crippen molar-refractivity contribution in [3.8, 4) is 0 Å². The molecule has 2 aliphatic rings. The number of fused-ring (bicyclic) bond motifs is 1. The van der Waals surface area contributed by atoms with Crippen molar-refractivity contribution in [1.29, 1.82) is 0 Å². The van der Waals surface area contributed by atoms with Crippen LogP contribution in [0.3, 0.4) is 0 Å². The summed E-state index contributed by atoms with van der Waals surface area (Å²) in [4.78, 5) is 0. The van der Waals surface area contributed by atoms with E-state index in [9.17, 15) is 0 Å². The van der Waals surface area contributed by atoms with Crippen LogP contribution in [-0.4, -0.2) is 6.61 Å². The summed E-state index contributed by atoms with van der Waals surface area (Å²) in [5, 5.41) is 0. The SMILES string of the molecule is CCCC[C@@]12C=COC[C@@H]1C2(C)C. The summed E-state index contributed by atoms with van der Waals surface area (Å²) in [6.07, 6.45) is 8.24. The molecular weight excluding hydrogens is 160 g/mol. The summed E-state index contributed by atoms with van der Waals surface area (Å²) in [7, 11) is 0. The maximum Gasteiger partial charge on any atom is 0.0915 e. The maximum atomic E-state index is 5.38. The molecule has 1 fully saturated rings. The van der Waals surface area contributed by atoms with E-state index in [1.807, 2.05) is 6.26 Å². The quantitative estimate of drug-likeness (QED) is 0.647. The molecule has 74 valence electrons. The number of unbranched alkanes of at least 4 members (excludes halogenated alkanes) is 1. The Hall–Kier alpha value is -0.460. The summed E-state index contributed by atoms with van der Waals surface area (Å²) in [5.41, 5.74) is 0.969. The lowest BCUT2D eigenvalue weighted by atomic mass is 9.90. The molecule has 0 radical (unpaired) electrons. The van der Waals surface area contributed by atoms with Gasteiger partial charge in [0.05, 0.1) is 12.9 Å². The van der Waals surface area contributed by atoms with E-state index in [1.54, 1.807) is 0 Å². The number of rotatable bonds is 3. The van der Waals surface area contributed by atoms with Crippen molar-refractivity contribution in [3.05, 3.63) is 12.3 Å². The van der Waals surface area contributed by atoms with Gasteiger partial charge in [0.25, 0.3) is 0 Å². The monoisotopic (exact) mass is 180 g/mol. The molecule has 0 saturated heterocycles. The van der Waals surface area contributed by atoms with Crippen molar-refractivity contribution < 1.29 is 4.74 Å². The van der Waals surface area contributed by atoms with Gasteiger partial charge < -0.3 is 4.74 Å². The van der Waals surface area contributed by atoms with Crippen molar-refractivity contribution in [3.63, 3.8) is 0 Å². The average Bonchev–Trinajstić information content (AvgIpc) is 2.62. The third kappa shape index (κ3) is 1.06. The largest absolute Gasteiger partial charge is 0.501 e. The van der Waals surface area contributed by atoms with Gasteiger partial charge in [0.15, 0.2) is 0 Å². The van der Waals surface area contributed by atoms with E-state index in [-0.39, 0.29) is 0 Å². The molecule has 0 unspecified atom stereocenters. The zero-order valence-corrected chi connectivity index (χ0v) is 8.97. The Balaban J connectivity index is 2.11. The highest BCUT2D eigenvalue weighted by Crippen LogP contribution is 2.73. The highest BCUT2D eigenvalue weighted by Gasteiger charge is 2.69. The van der Waals surface area contributed by atoms with Crippen LogP contribution in [0.1, 0.15) is 40.0 Å². The molecule has 0 bridgehead atoms.